The van der Waals surface area contributed by atoms with Crippen molar-refractivity contribution < 1.29 is 47.5 Å². The van der Waals surface area contributed by atoms with Crippen LogP contribution in [0, 0.1) is 11.6 Å². The summed E-state index contributed by atoms with van der Waals surface area (Å²) < 4.78 is 48.6. The molecule has 4 aromatic carbocycles. The summed E-state index contributed by atoms with van der Waals surface area (Å²) in [4.78, 5) is 26.9. The summed E-state index contributed by atoms with van der Waals surface area (Å²) in [6.07, 6.45) is 0.122. The van der Waals surface area contributed by atoms with Crippen LogP contribution in [0.2, 0.25) is 0 Å². The fourth-order valence-electron chi connectivity index (χ4n) is 6.95. The van der Waals surface area contributed by atoms with Crippen molar-refractivity contribution in [2.24, 2.45) is 0 Å². The van der Waals surface area contributed by atoms with E-state index in [1.54, 1.807) is 39.8 Å². The number of ether oxygens (including phenoxy) is 4. The first kappa shape index (κ1) is 48.8. The molecule has 61 heavy (non-hydrogen) atoms. The van der Waals surface area contributed by atoms with Crippen LogP contribution >= 0.6 is 0 Å². The van der Waals surface area contributed by atoms with Gasteiger partial charge in [-0.25, -0.2) is 8.78 Å². The summed E-state index contributed by atoms with van der Waals surface area (Å²) in [6.45, 7) is 13.1. The topological polar surface area (TPSA) is 148 Å². The largest absolute Gasteiger partial charge is 2.00 e. The van der Waals surface area contributed by atoms with E-state index in [0.29, 0.717) is 24.7 Å². The summed E-state index contributed by atoms with van der Waals surface area (Å²) in [5, 5.41) is 29.2. The predicted octanol–water partition coefficient (Wildman–Crippen LogP) is 4.84. The van der Waals surface area contributed by atoms with Gasteiger partial charge < -0.3 is 59.2 Å². The Labute approximate surface area is 373 Å². The number of nitrogens with one attached hydrogen (secondary N) is 2. The standard InChI is InChI=1S/2C23H29FN2O4.Mg/c2*1-16(2)30-22(23(27)28)14-17-4-7-19(8-5-17)25-10-3-11-26-12-13-29-21-15-18(24)6-9-20(21)26;/h2*4-9,15-16,22,25H,3,10-14H2,1-2H3,(H,27,28);/q;;+2/p-2. The number of carboxylic acids is 2. The number of benzene rings is 4. The van der Waals surface area contributed by atoms with E-state index in [1.807, 2.05) is 48.5 Å². The van der Waals surface area contributed by atoms with Gasteiger partial charge in [-0.1, -0.05) is 24.3 Å². The number of halogens is 2. The minimum absolute atomic E-state index is 0. The van der Waals surface area contributed by atoms with Gasteiger partial charge in [0.2, 0.25) is 0 Å². The molecule has 0 fully saturated rings. The maximum absolute atomic E-state index is 13.4. The van der Waals surface area contributed by atoms with Gasteiger partial charge in [0.15, 0.2) is 0 Å². The quantitative estimate of drug-likeness (QED) is 0.0927. The number of aliphatic carboxylic acids is 2. The average Bonchev–Trinajstić information content (AvgIpc) is 3.21. The molecule has 0 amide bonds. The van der Waals surface area contributed by atoms with Gasteiger partial charge >= 0.3 is 23.1 Å². The summed E-state index contributed by atoms with van der Waals surface area (Å²) in [5.74, 6) is -1.77. The summed E-state index contributed by atoms with van der Waals surface area (Å²) in [5.41, 5.74) is 5.56. The molecule has 0 spiro atoms. The second-order valence-electron chi connectivity index (χ2n) is 15.2. The van der Waals surface area contributed by atoms with Gasteiger partial charge in [-0.2, -0.15) is 0 Å². The van der Waals surface area contributed by atoms with Crippen LogP contribution in [-0.4, -0.2) is 112 Å². The number of carbonyl (C=O) groups excluding carboxylic acids is 2. The third-order valence-corrected chi connectivity index (χ3v) is 9.78. The fourth-order valence-corrected chi connectivity index (χ4v) is 6.95. The van der Waals surface area contributed by atoms with E-state index >= 15 is 0 Å². The summed E-state index contributed by atoms with van der Waals surface area (Å²) in [7, 11) is 0. The number of anilines is 4. The van der Waals surface area contributed by atoms with Crippen LogP contribution in [0.15, 0.2) is 84.9 Å². The summed E-state index contributed by atoms with van der Waals surface area (Å²) in [6, 6.07) is 24.6. The molecule has 0 aromatic heterocycles. The van der Waals surface area contributed by atoms with Gasteiger partial charge in [-0.3, -0.25) is 0 Å². The smallest absolute Gasteiger partial charge is 0.547 e. The fraction of sp³-hybridized carbons (Fsp3) is 0.435. The second-order valence-corrected chi connectivity index (χ2v) is 15.2. The van der Waals surface area contributed by atoms with E-state index < -0.39 is 24.1 Å². The molecule has 2 atom stereocenters. The van der Waals surface area contributed by atoms with E-state index in [0.717, 1.165) is 86.0 Å². The van der Waals surface area contributed by atoms with Crippen LogP contribution < -0.4 is 40.1 Å². The first-order valence-corrected chi connectivity index (χ1v) is 20.6. The predicted molar refractivity (Wildman–Crippen MR) is 231 cm³/mol. The Morgan fingerprint density at radius 3 is 1.36 bits per heavy atom. The number of nitrogens with zero attached hydrogens (tertiary/aromatic N) is 2. The molecule has 4 aromatic rings. The minimum atomic E-state index is -1.20. The zero-order chi connectivity index (χ0) is 43.0. The molecule has 6 rings (SSSR count). The molecule has 2 aliphatic heterocycles. The van der Waals surface area contributed by atoms with Crippen LogP contribution in [0.25, 0.3) is 0 Å². The Morgan fingerprint density at radius 2 is 1.02 bits per heavy atom. The van der Waals surface area contributed by atoms with Crippen LogP contribution in [0.1, 0.15) is 51.7 Å². The number of hydrogen-bond acceptors (Lipinski definition) is 12. The number of fused-ring (bicyclic) bond motifs is 2. The van der Waals surface area contributed by atoms with Crippen LogP contribution in [0.3, 0.4) is 0 Å². The first-order valence-electron chi connectivity index (χ1n) is 20.6. The third kappa shape index (κ3) is 15.9. The van der Waals surface area contributed by atoms with Crippen molar-refractivity contribution in [3.63, 3.8) is 0 Å². The number of carbonyl (C=O) groups is 2. The molecule has 0 saturated carbocycles. The molecule has 2 aliphatic rings. The minimum Gasteiger partial charge on any atom is -0.547 e. The van der Waals surface area contributed by atoms with E-state index in [9.17, 15) is 28.6 Å². The van der Waals surface area contributed by atoms with E-state index in [1.165, 1.54) is 24.3 Å². The maximum Gasteiger partial charge on any atom is 2.00 e. The third-order valence-electron chi connectivity index (χ3n) is 9.78. The van der Waals surface area contributed by atoms with Crippen molar-refractivity contribution in [1.82, 2.24) is 0 Å². The Morgan fingerprint density at radius 1 is 0.639 bits per heavy atom. The van der Waals surface area contributed by atoms with Crippen LogP contribution in [0.5, 0.6) is 11.5 Å². The molecule has 15 heteroatoms. The summed E-state index contributed by atoms with van der Waals surface area (Å²) >= 11 is 0. The molecular formula is C46H56F2MgN4O8. The van der Waals surface area contributed by atoms with Crippen molar-refractivity contribution in [3.8, 4) is 11.5 Å². The van der Waals surface area contributed by atoms with Crippen LogP contribution in [0.4, 0.5) is 31.5 Å². The van der Waals surface area contributed by atoms with Gasteiger partial charge in [0, 0.05) is 62.5 Å². The molecule has 0 saturated heterocycles. The number of hydrogen-bond donors (Lipinski definition) is 2. The van der Waals surface area contributed by atoms with Crippen molar-refractivity contribution in [2.75, 3.05) is 72.9 Å². The maximum atomic E-state index is 13.4. The van der Waals surface area contributed by atoms with E-state index in [-0.39, 0.29) is 59.7 Å². The average molecular weight is 855 g/mol. The molecule has 0 radical (unpaired) electrons. The first-order chi connectivity index (χ1) is 28.8. The Bertz CT molecular complexity index is 1830. The Hall–Kier alpha value is -4.83. The van der Waals surface area contributed by atoms with Crippen LogP contribution in [-0.2, 0) is 31.9 Å². The Kier molecular flexibility index (Phi) is 19.7. The molecule has 2 unspecified atom stereocenters. The van der Waals surface area contributed by atoms with Gasteiger partial charge in [0.25, 0.3) is 0 Å². The zero-order valence-corrected chi connectivity index (χ0v) is 36.9. The second kappa shape index (κ2) is 24.6. The number of rotatable bonds is 20. The SMILES string of the molecule is CC(C)OC(Cc1ccc(NCCCN2CCOc3cc(F)ccc32)cc1)C(=O)[O-].CC(C)OC(Cc1ccc(NCCCN2CCOc3cc(F)ccc32)cc1)C(=O)[O-].[Mg+2]. The van der Waals surface area contributed by atoms with Gasteiger partial charge in [0.1, 0.15) is 48.6 Å². The van der Waals surface area contributed by atoms with Gasteiger partial charge in [-0.15, -0.1) is 0 Å². The van der Waals surface area contributed by atoms with Gasteiger partial charge in [0.05, 0.1) is 48.6 Å². The van der Waals surface area contributed by atoms with E-state index in [2.05, 4.69) is 20.4 Å². The Balaban J connectivity index is 0.000000264. The van der Waals surface area contributed by atoms with E-state index in [4.69, 9.17) is 18.9 Å². The van der Waals surface area contributed by atoms with Gasteiger partial charge in [-0.05, 0) is 100 Å². The molecule has 2 heterocycles. The normalized spacial score (nSPS) is 14.0. The molecule has 0 bridgehead atoms. The molecule has 12 nitrogen and oxygen atoms in total. The van der Waals surface area contributed by atoms with Crippen molar-refractivity contribution in [1.29, 1.82) is 0 Å². The zero-order valence-electron chi connectivity index (χ0n) is 35.5. The number of carboxylic acid groups (broad SMARTS) is 2. The van der Waals surface area contributed by atoms with Crippen molar-refractivity contribution in [2.45, 2.75) is 77.8 Å². The molecular weight excluding hydrogens is 799 g/mol. The van der Waals surface area contributed by atoms with Crippen molar-refractivity contribution in [3.05, 3.63) is 108 Å². The molecule has 324 valence electrons. The monoisotopic (exact) mass is 854 g/mol. The molecule has 0 aliphatic carbocycles. The molecule has 2 N–H and O–H groups in total. The van der Waals surface area contributed by atoms with Crippen molar-refractivity contribution >= 4 is 57.7 Å².